The van der Waals surface area contributed by atoms with Crippen molar-refractivity contribution in [2.24, 2.45) is 0 Å². The lowest BCUT2D eigenvalue weighted by molar-refractivity contribution is -0.137. The number of halogens is 3. The molecule has 142 valence electrons. The topological polar surface area (TPSA) is 28.2 Å². The number of thiazole rings is 1. The second-order valence-corrected chi connectivity index (χ2v) is 8.03. The van der Waals surface area contributed by atoms with Gasteiger partial charge in [-0.25, -0.2) is 4.98 Å². The molecule has 1 atom stereocenters. The number of nitrogens with one attached hydrogen (secondary N) is 1. The van der Waals surface area contributed by atoms with Crippen molar-refractivity contribution in [3.05, 3.63) is 34.2 Å². The molecular weight excluding hydrogens is 359 g/mol. The van der Waals surface area contributed by atoms with Crippen LogP contribution in [0.4, 0.5) is 18.3 Å². The average Bonchev–Trinajstić information content (AvgIpc) is 2.99. The summed E-state index contributed by atoms with van der Waals surface area (Å²) in [6.45, 7) is 5.66. The molecular formula is C19H24F3N3S. The maximum atomic E-state index is 13.2. The largest absolute Gasteiger partial charge is 0.416 e. The highest BCUT2D eigenvalue weighted by Gasteiger charge is 2.31. The second-order valence-electron chi connectivity index (χ2n) is 6.94. The Labute approximate surface area is 156 Å². The normalized spacial score (nSPS) is 18.9. The monoisotopic (exact) mass is 383 g/mol. The molecule has 0 radical (unpaired) electrons. The van der Waals surface area contributed by atoms with E-state index in [0.717, 1.165) is 29.5 Å². The number of piperidine rings is 1. The molecule has 1 saturated heterocycles. The molecule has 1 fully saturated rings. The maximum Gasteiger partial charge on any atom is 0.416 e. The van der Waals surface area contributed by atoms with Gasteiger partial charge >= 0.3 is 6.18 Å². The van der Waals surface area contributed by atoms with Gasteiger partial charge in [0.25, 0.3) is 0 Å². The van der Waals surface area contributed by atoms with Crippen LogP contribution in [0.5, 0.6) is 0 Å². The molecule has 3 nitrogen and oxygen atoms in total. The van der Waals surface area contributed by atoms with Crippen molar-refractivity contribution in [2.45, 2.75) is 51.9 Å². The summed E-state index contributed by atoms with van der Waals surface area (Å²) in [6.07, 6.45) is -0.790. The predicted molar refractivity (Wildman–Crippen MR) is 101 cm³/mol. The van der Waals surface area contributed by atoms with Gasteiger partial charge in [-0.3, -0.25) is 4.90 Å². The number of aromatic nitrogens is 1. The molecule has 7 heteroatoms. The summed E-state index contributed by atoms with van der Waals surface area (Å²) in [7, 11) is 1.79. The molecule has 0 saturated carbocycles. The minimum Gasteiger partial charge on any atom is -0.365 e. The molecule has 1 aliphatic heterocycles. The molecule has 0 aliphatic carbocycles. The Balaban J connectivity index is 1.99. The molecule has 26 heavy (non-hydrogen) atoms. The molecule has 2 aromatic rings. The molecule has 1 aliphatic rings. The number of nitrogens with zero attached hydrogens (tertiary/aromatic N) is 2. The number of rotatable bonds is 4. The van der Waals surface area contributed by atoms with E-state index in [1.807, 2.05) is 0 Å². The van der Waals surface area contributed by atoms with Gasteiger partial charge in [0.1, 0.15) is 0 Å². The third-order valence-electron chi connectivity index (χ3n) is 4.88. The van der Waals surface area contributed by atoms with E-state index in [-0.39, 0.29) is 0 Å². The van der Waals surface area contributed by atoms with Gasteiger partial charge in [-0.1, -0.05) is 6.42 Å². The SMILES string of the molecule is CNc1nc(-c2cc(C)cc(C(F)(F)F)c2)c(CN2CCCCC2C)s1. The van der Waals surface area contributed by atoms with Gasteiger partial charge in [-0.15, -0.1) is 11.3 Å². The molecule has 0 amide bonds. The van der Waals surface area contributed by atoms with Gasteiger partial charge < -0.3 is 5.32 Å². The number of anilines is 1. The first-order chi connectivity index (χ1) is 12.3. The van der Waals surface area contributed by atoms with Crippen LogP contribution < -0.4 is 5.32 Å². The van der Waals surface area contributed by atoms with Gasteiger partial charge in [0.15, 0.2) is 5.13 Å². The van der Waals surface area contributed by atoms with Crippen molar-refractivity contribution in [1.29, 1.82) is 0 Å². The highest BCUT2D eigenvalue weighted by Crippen LogP contribution is 2.37. The van der Waals surface area contributed by atoms with Gasteiger partial charge in [0.2, 0.25) is 0 Å². The Morgan fingerprint density at radius 3 is 2.69 bits per heavy atom. The number of hydrogen-bond acceptors (Lipinski definition) is 4. The van der Waals surface area contributed by atoms with E-state index in [2.05, 4.69) is 22.1 Å². The first kappa shape index (κ1) is 19.2. The third kappa shape index (κ3) is 4.20. The lowest BCUT2D eigenvalue weighted by Crippen LogP contribution is -2.36. The lowest BCUT2D eigenvalue weighted by Gasteiger charge is -2.33. The fraction of sp³-hybridized carbons (Fsp3) is 0.526. The van der Waals surface area contributed by atoms with E-state index in [1.165, 1.54) is 36.3 Å². The molecule has 0 spiro atoms. The summed E-state index contributed by atoms with van der Waals surface area (Å²) in [5.41, 5.74) is 1.16. The van der Waals surface area contributed by atoms with Crippen LogP contribution in [0, 0.1) is 6.92 Å². The summed E-state index contributed by atoms with van der Waals surface area (Å²) in [6, 6.07) is 4.67. The molecule has 1 aromatic carbocycles. The summed E-state index contributed by atoms with van der Waals surface area (Å²) in [4.78, 5) is 7.99. The Hall–Kier alpha value is -1.60. The van der Waals surface area contributed by atoms with Gasteiger partial charge in [-0.05, 0) is 57.0 Å². The maximum absolute atomic E-state index is 13.2. The first-order valence-corrected chi connectivity index (χ1v) is 9.70. The molecule has 2 heterocycles. The van der Waals surface area contributed by atoms with E-state index in [4.69, 9.17) is 0 Å². The Bertz CT molecular complexity index is 770. The van der Waals surface area contributed by atoms with Crippen LogP contribution in [-0.2, 0) is 12.7 Å². The van der Waals surface area contributed by atoms with Gasteiger partial charge in [0.05, 0.1) is 11.3 Å². The molecule has 1 aromatic heterocycles. The number of hydrogen-bond donors (Lipinski definition) is 1. The van der Waals surface area contributed by atoms with E-state index in [1.54, 1.807) is 20.0 Å². The molecule has 1 unspecified atom stereocenters. The van der Waals surface area contributed by atoms with E-state index in [9.17, 15) is 13.2 Å². The number of aryl methyl sites for hydroxylation is 1. The van der Waals surface area contributed by atoms with Crippen LogP contribution in [-0.4, -0.2) is 29.5 Å². The summed E-state index contributed by atoms with van der Waals surface area (Å²) in [5, 5.41) is 3.76. The van der Waals surface area contributed by atoms with Crippen LogP contribution in [0.15, 0.2) is 18.2 Å². The molecule has 3 rings (SSSR count). The summed E-state index contributed by atoms with van der Waals surface area (Å²) in [5.74, 6) is 0. The van der Waals surface area contributed by atoms with E-state index >= 15 is 0 Å². The quantitative estimate of drug-likeness (QED) is 0.750. The number of likely N-dealkylation sites (tertiary alicyclic amines) is 1. The third-order valence-corrected chi connectivity index (χ3v) is 5.93. The Morgan fingerprint density at radius 2 is 2.04 bits per heavy atom. The van der Waals surface area contributed by atoms with Gasteiger partial charge in [-0.2, -0.15) is 13.2 Å². The zero-order valence-corrected chi connectivity index (χ0v) is 16.1. The predicted octanol–water partition coefficient (Wildman–Crippen LogP) is 5.55. The van der Waals surface area contributed by atoms with Crippen molar-refractivity contribution in [3.8, 4) is 11.3 Å². The second kappa shape index (κ2) is 7.56. The van der Waals surface area contributed by atoms with Gasteiger partial charge in [0, 0.05) is 30.1 Å². The van der Waals surface area contributed by atoms with Crippen LogP contribution >= 0.6 is 11.3 Å². The van der Waals surface area contributed by atoms with E-state index < -0.39 is 11.7 Å². The Morgan fingerprint density at radius 1 is 1.27 bits per heavy atom. The average molecular weight is 383 g/mol. The smallest absolute Gasteiger partial charge is 0.365 e. The van der Waals surface area contributed by atoms with Crippen molar-refractivity contribution >= 4 is 16.5 Å². The van der Waals surface area contributed by atoms with Crippen LogP contribution in [0.3, 0.4) is 0 Å². The van der Waals surface area contributed by atoms with Crippen LogP contribution in [0.2, 0.25) is 0 Å². The minimum atomic E-state index is -4.36. The number of benzene rings is 1. The van der Waals surface area contributed by atoms with Crippen molar-refractivity contribution in [3.63, 3.8) is 0 Å². The molecule has 0 bridgehead atoms. The standard InChI is InChI=1S/C19H24F3N3S/c1-12-8-14(10-15(9-12)19(20,21)22)17-16(26-18(23-3)24-17)11-25-7-5-4-6-13(25)2/h8-10,13H,4-7,11H2,1-3H3,(H,23,24). The molecule has 1 N–H and O–H groups in total. The van der Waals surface area contributed by atoms with E-state index in [0.29, 0.717) is 22.9 Å². The number of alkyl halides is 3. The lowest BCUT2D eigenvalue weighted by atomic mass is 10.0. The first-order valence-electron chi connectivity index (χ1n) is 8.88. The highest BCUT2D eigenvalue weighted by molar-refractivity contribution is 7.16. The van der Waals surface area contributed by atoms with Crippen LogP contribution in [0.25, 0.3) is 11.3 Å². The van der Waals surface area contributed by atoms with Crippen molar-refractivity contribution in [2.75, 3.05) is 18.9 Å². The highest BCUT2D eigenvalue weighted by atomic mass is 32.1. The Kier molecular flexibility index (Phi) is 5.58. The minimum absolute atomic E-state index is 0.486. The van der Waals surface area contributed by atoms with Crippen molar-refractivity contribution in [1.82, 2.24) is 9.88 Å². The zero-order valence-electron chi connectivity index (χ0n) is 15.3. The summed E-state index contributed by atoms with van der Waals surface area (Å²) < 4.78 is 39.7. The fourth-order valence-electron chi connectivity index (χ4n) is 3.45. The zero-order chi connectivity index (χ0) is 18.9. The fourth-order valence-corrected chi connectivity index (χ4v) is 4.41. The summed E-state index contributed by atoms with van der Waals surface area (Å²) >= 11 is 1.52. The van der Waals surface area contributed by atoms with Crippen LogP contribution in [0.1, 0.15) is 42.2 Å². The van der Waals surface area contributed by atoms with Crippen molar-refractivity contribution < 1.29 is 13.2 Å².